The lowest BCUT2D eigenvalue weighted by atomic mass is 9.76. The Morgan fingerprint density at radius 1 is 1.30 bits per heavy atom. The van der Waals surface area contributed by atoms with Crippen molar-refractivity contribution >= 4 is 5.91 Å². The van der Waals surface area contributed by atoms with Gasteiger partial charge in [-0.05, 0) is 30.9 Å². The molecular weight excluding hydrogens is 252 g/mol. The smallest absolute Gasteiger partial charge is 0.242 e. The number of pyridine rings is 1. The second kappa shape index (κ2) is 5.50. The van der Waals surface area contributed by atoms with E-state index >= 15 is 0 Å². The summed E-state index contributed by atoms with van der Waals surface area (Å²) in [6.45, 7) is 4.31. The van der Waals surface area contributed by atoms with E-state index in [9.17, 15) is 4.79 Å². The molecule has 2 N–H and O–H groups in total. The number of rotatable bonds is 3. The zero-order valence-electron chi connectivity index (χ0n) is 11.8. The molecule has 0 radical (unpaired) electrons. The van der Waals surface area contributed by atoms with E-state index in [0.717, 1.165) is 52.0 Å². The number of amides is 1. The Morgan fingerprint density at radius 3 is 2.60 bits per heavy atom. The molecule has 1 amide bonds. The average molecular weight is 274 g/mol. The second-order valence-electron chi connectivity index (χ2n) is 5.94. The molecule has 1 aromatic heterocycles. The number of carbonyl (C=O) groups is 1. The van der Waals surface area contributed by atoms with E-state index in [0.29, 0.717) is 0 Å². The Bertz CT molecular complexity index is 464. The normalized spacial score (nSPS) is 22.4. The number of hydrogen-bond acceptors (Lipinski definition) is 4. The van der Waals surface area contributed by atoms with Crippen LogP contribution in [0.25, 0.3) is 0 Å². The van der Waals surface area contributed by atoms with Gasteiger partial charge in [-0.3, -0.25) is 14.7 Å². The Hall–Kier alpha value is -1.46. The molecule has 2 aliphatic rings. The summed E-state index contributed by atoms with van der Waals surface area (Å²) >= 11 is 0. The van der Waals surface area contributed by atoms with E-state index in [-0.39, 0.29) is 5.91 Å². The first-order valence-corrected chi connectivity index (χ1v) is 7.37. The van der Waals surface area contributed by atoms with Crippen molar-refractivity contribution in [2.75, 3.05) is 26.2 Å². The summed E-state index contributed by atoms with van der Waals surface area (Å²) < 4.78 is 0. The van der Waals surface area contributed by atoms with Crippen molar-refractivity contribution in [3.05, 3.63) is 30.1 Å². The number of piperazine rings is 1. The molecule has 0 aromatic carbocycles. The summed E-state index contributed by atoms with van der Waals surface area (Å²) in [5.74, 6) is 0.157. The van der Waals surface area contributed by atoms with Crippen LogP contribution in [0.4, 0.5) is 0 Å². The third kappa shape index (κ3) is 2.69. The fourth-order valence-corrected chi connectivity index (χ4v) is 2.95. The largest absolute Gasteiger partial charge is 0.339 e. The van der Waals surface area contributed by atoms with Gasteiger partial charge in [0.2, 0.25) is 5.91 Å². The van der Waals surface area contributed by atoms with Crippen LogP contribution in [0.3, 0.4) is 0 Å². The summed E-state index contributed by atoms with van der Waals surface area (Å²) in [4.78, 5) is 20.8. The van der Waals surface area contributed by atoms with E-state index in [1.165, 1.54) is 5.56 Å². The SMILES string of the molecule is NC1(C(=O)N2CCN(Cc3cccnc3)CC2)CCC1. The number of hydrogen-bond donors (Lipinski definition) is 1. The Morgan fingerprint density at radius 2 is 2.05 bits per heavy atom. The fourth-order valence-electron chi connectivity index (χ4n) is 2.95. The predicted molar refractivity (Wildman–Crippen MR) is 76.9 cm³/mol. The van der Waals surface area contributed by atoms with E-state index in [1.54, 1.807) is 6.20 Å². The lowest BCUT2D eigenvalue weighted by Gasteiger charge is -2.43. The molecule has 2 heterocycles. The Balaban J connectivity index is 1.51. The van der Waals surface area contributed by atoms with Crippen molar-refractivity contribution in [1.29, 1.82) is 0 Å². The molecule has 20 heavy (non-hydrogen) atoms. The van der Waals surface area contributed by atoms with E-state index < -0.39 is 5.54 Å². The molecule has 1 aliphatic carbocycles. The van der Waals surface area contributed by atoms with Gasteiger partial charge < -0.3 is 10.6 Å². The molecule has 5 heteroatoms. The van der Waals surface area contributed by atoms with Crippen LogP contribution in [0.1, 0.15) is 24.8 Å². The van der Waals surface area contributed by atoms with Gasteiger partial charge in [0.1, 0.15) is 0 Å². The van der Waals surface area contributed by atoms with Crippen molar-refractivity contribution in [2.45, 2.75) is 31.3 Å². The summed E-state index contributed by atoms with van der Waals surface area (Å²) in [5.41, 5.74) is 6.80. The molecule has 1 aliphatic heterocycles. The maximum Gasteiger partial charge on any atom is 0.242 e. The summed E-state index contributed by atoms with van der Waals surface area (Å²) in [7, 11) is 0. The van der Waals surface area contributed by atoms with E-state index in [4.69, 9.17) is 5.73 Å². The van der Waals surface area contributed by atoms with Crippen LogP contribution in [0, 0.1) is 0 Å². The van der Waals surface area contributed by atoms with Crippen LogP contribution >= 0.6 is 0 Å². The predicted octanol–water partition coefficient (Wildman–Crippen LogP) is 0.607. The minimum Gasteiger partial charge on any atom is -0.339 e. The monoisotopic (exact) mass is 274 g/mol. The zero-order chi connectivity index (χ0) is 14.0. The summed E-state index contributed by atoms with van der Waals surface area (Å²) in [5, 5.41) is 0. The van der Waals surface area contributed by atoms with Gasteiger partial charge in [-0.25, -0.2) is 0 Å². The molecule has 0 unspecified atom stereocenters. The van der Waals surface area contributed by atoms with Crippen LogP contribution < -0.4 is 5.73 Å². The highest BCUT2D eigenvalue weighted by molar-refractivity contribution is 5.87. The highest BCUT2D eigenvalue weighted by atomic mass is 16.2. The van der Waals surface area contributed by atoms with Crippen LogP contribution in [-0.2, 0) is 11.3 Å². The van der Waals surface area contributed by atoms with Gasteiger partial charge in [0.25, 0.3) is 0 Å². The van der Waals surface area contributed by atoms with Crippen molar-refractivity contribution in [2.24, 2.45) is 5.73 Å². The van der Waals surface area contributed by atoms with Gasteiger partial charge >= 0.3 is 0 Å². The van der Waals surface area contributed by atoms with Crippen LogP contribution in [0.15, 0.2) is 24.5 Å². The molecule has 3 rings (SSSR count). The van der Waals surface area contributed by atoms with Gasteiger partial charge in [-0.15, -0.1) is 0 Å². The highest BCUT2D eigenvalue weighted by Crippen LogP contribution is 2.31. The van der Waals surface area contributed by atoms with Gasteiger partial charge in [0, 0.05) is 45.1 Å². The lowest BCUT2D eigenvalue weighted by Crippen LogP contribution is -2.62. The zero-order valence-corrected chi connectivity index (χ0v) is 11.8. The molecule has 1 aromatic rings. The molecule has 5 nitrogen and oxygen atoms in total. The standard InChI is InChI=1S/C15H22N4O/c16-15(4-2-5-15)14(20)19-9-7-18(8-10-19)12-13-3-1-6-17-11-13/h1,3,6,11H,2,4-5,7-10,12,16H2. The van der Waals surface area contributed by atoms with Gasteiger partial charge in [-0.1, -0.05) is 6.07 Å². The third-order valence-corrected chi connectivity index (χ3v) is 4.46. The van der Waals surface area contributed by atoms with Gasteiger partial charge in [0.15, 0.2) is 0 Å². The molecule has 1 saturated heterocycles. The van der Waals surface area contributed by atoms with E-state index in [2.05, 4.69) is 16.0 Å². The quantitative estimate of drug-likeness (QED) is 0.877. The Labute approximate surface area is 119 Å². The molecule has 0 bridgehead atoms. The topological polar surface area (TPSA) is 62.5 Å². The first-order chi connectivity index (χ1) is 9.67. The van der Waals surface area contributed by atoms with Crippen molar-refractivity contribution < 1.29 is 4.79 Å². The number of nitrogens with two attached hydrogens (primary N) is 1. The first kappa shape index (κ1) is 13.5. The molecule has 2 fully saturated rings. The second-order valence-corrected chi connectivity index (χ2v) is 5.94. The first-order valence-electron chi connectivity index (χ1n) is 7.37. The lowest BCUT2D eigenvalue weighted by molar-refractivity contribution is -0.142. The molecule has 1 saturated carbocycles. The van der Waals surface area contributed by atoms with Crippen LogP contribution in [0.5, 0.6) is 0 Å². The molecule has 0 atom stereocenters. The van der Waals surface area contributed by atoms with Crippen molar-refractivity contribution in [1.82, 2.24) is 14.8 Å². The maximum absolute atomic E-state index is 12.3. The maximum atomic E-state index is 12.3. The minimum atomic E-state index is -0.550. The minimum absolute atomic E-state index is 0.157. The van der Waals surface area contributed by atoms with Crippen molar-refractivity contribution in [3.63, 3.8) is 0 Å². The molecule has 0 spiro atoms. The van der Waals surface area contributed by atoms with Gasteiger partial charge in [0.05, 0.1) is 5.54 Å². The average Bonchev–Trinajstić information content (AvgIpc) is 2.46. The third-order valence-electron chi connectivity index (χ3n) is 4.46. The summed E-state index contributed by atoms with van der Waals surface area (Å²) in [6.07, 6.45) is 6.48. The molecular formula is C15H22N4O. The Kier molecular flexibility index (Phi) is 3.72. The molecule has 108 valence electrons. The number of nitrogens with zero attached hydrogens (tertiary/aromatic N) is 3. The van der Waals surface area contributed by atoms with E-state index in [1.807, 2.05) is 17.2 Å². The van der Waals surface area contributed by atoms with Crippen LogP contribution in [-0.4, -0.2) is 52.4 Å². The number of carbonyl (C=O) groups excluding carboxylic acids is 1. The van der Waals surface area contributed by atoms with Crippen LogP contribution in [0.2, 0.25) is 0 Å². The summed E-state index contributed by atoms with van der Waals surface area (Å²) in [6, 6.07) is 4.05. The fraction of sp³-hybridized carbons (Fsp3) is 0.600. The van der Waals surface area contributed by atoms with Crippen molar-refractivity contribution in [3.8, 4) is 0 Å². The number of aromatic nitrogens is 1. The highest BCUT2D eigenvalue weighted by Gasteiger charge is 2.43. The van der Waals surface area contributed by atoms with Gasteiger partial charge in [-0.2, -0.15) is 0 Å².